The standard InChI is InChI=1S/C84H101BN4/c1-50-41-59-60(79(13,14)40-39-78(59,11)12)49-67(50)86-68-46-54(88-65-33-29-51(75(2,3)4)43-61(65)81(17)35-23-25-37-83(81,88)19)31-32-63(68)85-64-45-53(77(8,9)10)42-57-71-74(56-27-21-22-28-58(56)80(71,15)16)87(73(57)64)70-48-55(47-69(86)72(70)85)89-66-34-30-52(76(5,6)7)44-62(66)82(18)36-24-26-38-84(82,89)20/h21-22,27-34,41-45,47-49,68H,23-26,35-40,46H2,1-20H3. The van der Waals surface area contributed by atoms with Crippen molar-refractivity contribution in [2.75, 3.05) is 14.7 Å². The van der Waals surface area contributed by atoms with E-state index in [0.717, 1.165) is 12.8 Å². The number of aromatic nitrogens is 1. The lowest BCUT2D eigenvalue weighted by Gasteiger charge is -2.53. The fourth-order valence-corrected chi connectivity index (χ4v) is 20.6. The number of nitrogens with zero attached hydrogens (tertiary/aromatic N) is 4. The summed E-state index contributed by atoms with van der Waals surface area (Å²) in [5.74, 6) is 0. The Balaban J connectivity index is 1.04. The zero-order valence-electron chi connectivity index (χ0n) is 58.1. The van der Waals surface area contributed by atoms with Crippen LogP contribution in [0.3, 0.4) is 0 Å². The Morgan fingerprint density at radius 1 is 0.483 bits per heavy atom. The highest BCUT2D eigenvalue weighted by Crippen LogP contribution is 2.65. The van der Waals surface area contributed by atoms with Gasteiger partial charge in [0.05, 0.1) is 22.8 Å². The van der Waals surface area contributed by atoms with Crippen LogP contribution in [0.15, 0.2) is 120 Å². The summed E-state index contributed by atoms with van der Waals surface area (Å²) in [7, 11) is 0. The van der Waals surface area contributed by atoms with Crippen LogP contribution in [0.25, 0.3) is 27.8 Å². The summed E-state index contributed by atoms with van der Waals surface area (Å²) in [6.45, 7) is 50.0. The Morgan fingerprint density at radius 2 is 1.03 bits per heavy atom. The van der Waals surface area contributed by atoms with E-state index in [1.807, 2.05) is 0 Å². The molecule has 460 valence electrons. The first kappa shape index (κ1) is 57.9. The quantitative estimate of drug-likeness (QED) is 0.164. The highest BCUT2D eigenvalue weighted by Gasteiger charge is 2.61. The maximum Gasteiger partial charge on any atom is 0.247 e. The van der Waals surface area contributed by atoms with E-state index < -0.39 is 0 Å². The summed E-state index contributed by atoms with van der Waals surface area (Å²) in [6.07, 6.45) is 18.4. The monoisotopic (exact) mass is 1180 g/mol. The molecule has 5 atom stereocenters. The molecule has 5 heterocycles. The average Bonchev–Trinajstić information content (AvgIpc) is 1.60. The molecule has 2 fully saturated rings. The van der Waals surface area contributed by atoms with Gasteiger partial charge in [0.1, 0.15) is 0 Å². The van der Waals surface area contributed by atoms with Crippen molar-refractivity contribution < 1.29 is 0 Å². The number of allylic oxidation sites excluding steroid dienone is 2. The predicted octanol–water partition coefficient (Wildman–Crippen LogP) is 20.5. The van der Waals surface area contributed by atoms with E-state index in [2.05, 4.69) is 267 Å². The normalized spacial score (nSPS) is 27.2. The van der Waals surface area contributed by atoms with Gasteiger partial charge in [0.2, 0.25) is 6.71 Å². The number of hydrogen-bond acceptors (Lipinski definition) is 3. The van der Waals surface area contributed by atoms with E-state index in [1.165, 1.54) is 175 Å². The molecule has 89 heavy (non-hydrogen) atoms. The minimum atomic E-state index is -0.208. The van der Waals surface area contributed by atoms with Crippen molar-refractivity contribution in [3.63, 3.8) is 0 Å². The number of aryl methyl sites for hydroxylation is 1. The molecule has 5 aliphatic carbocycles. The van der Waals surface area contributed by atoms with Crippen LogP contribution in [-0.4, -0.2) is 28.4 Å². The Hall–Kier alpha value is -6.20. The molecule has 5 heteroatoms. The highest BCUT2D eigenvalue weighted by atomic mass is 15.3. The third kappa shape index (κ3) is 7.43. The molecule has 2 saturated carbocycles. The number of benzene rings is 6. The molecule has 0 saturated heterocycles. The van der Waals surface area contributed by atoms with Gasteiger partial charge in [-0.2, -0.15) is 0 Å². The van der Waals surface area contributed by atoms with Crippen molar-refractivity contribution >= 4 is 57.0 Å². The molecule has 6 aromatic carbocycles. The second-order valence-electron chi connectivity index (χ2n) is 35.9. The van der Waals surface area contributed by atoms with Crippen molar-refractivity contribution in [2.24, 2.45) is 0 Å². The summed E-state index contributed by atoms with van der Waals surface area (Å²) < 4.78 is 2.85. The highest BCUT2D eigenvalue weighted by molar-refractivity contribution is 6.95. The van der Waals surface area contributed by atoms with Crippen molar-refractivity contribution in [3.05, 3.63) is 176 Å². The minimum absolute atomic E-state index is 0.0206. The van der Waals surface area contributed by atoms with Crippen LogP contribution in [0.1, 0.15) is 258 Å². The van der Waals surface area contributed by atoms with Crippen molar-refractivity contribution in [1.82, 2.24) is 4.57 Å². The number of hydrogen-bond donors (Lipinski definition) is 0. The Bertz CT molecular complexity index is 4340. The first-order valence-electron chi connectivity index (χ1n) is 34.9. The van der Waals surface area contributed by atoms with Gasteiger partial charge in [-0.1, -0.05) is 216 Å². The third-order valence-corrected chi connectivity index (χ3v) is 26.5. The predicted molar refractivity (Wildman–Crippen MR) is 381 cm³/mol. The summed E-state index contributed by atoms with van der Waals surface area (Å²) in [6, 6.07) is 41.1. The minimum Gasteiger partial charge on any atom is -0.338 e. The lowest BCUT2D eigenvalue weighted by Crippen LogP contribution is -2.62. The zero-order valence-corrected chi connectivity index (χ0v) is 58.1. The fourth-order valence-electron chi connectivity index (χ4n) is 20.6. The van der Waals surface area contributed by atoms with Crippen LogP contribution in [0, 0.1) is 6.92 Å². The van der Waals surface area contributed by atoms with E-state index >= 15 is 0 Å². The van der Waals surface area contributed by atoms with Gasteiger partial charge in [-0.05, 0) is 195 Å². The molecule has 0 spiro atoms. The molecule has 0 amide bonds. The van der Waals surface area contributed by atoms with Gasteiger partial charge >= 0.3 is 0 Å². The van der Waals surface area contributed by atoms with Gasteiger partial charge in [-0.25, -0.2) is 0 Å². The van der Waals surface area contributed by atoms with E-state index in [9.17, 15) is 0 Å². The number of anilines is 5. The van der Waals surface area contributed by atoms with Crippen LogP contribution in [0.5, 0.6) is 0 Å². The van der Waals surface area contributed by atoms with E-state index in [4.69, 9.17) is 0 Å². The molecule has 5 unspecified atom stereocenters. The van der Waals surface area contributed by atoms with Gasteiger partial charge < -0.3 is 19.3 Å². The zero-order chi connectivity index (χ0) is 62.8. The molecule has 9 aliphatic rings. The lowest BCUT2D eigenvalue weighted by atomic mass is 9.31. The van der Waals surface area contributed by atoms with Gasteiger partial charge in [0, 0.05) is 79.0 Å². The molecule has 4 aliphatic heterocycles. The second kappa shape index (κ2) is 17.9. The largest absolute Gasteiger partial charge is 0.338 e. The number of fused-ring (bicyclic) bond motifs is 16. The van der Waals surface area contributed by atoms with Crippen LogP contribution in [0.4, 0.5) is 28.4 Å². The van der Waals surface area contributed by atoms with Crippen LogP contribution >= 0.6 is 0 Å². The van der Waals surface area contributed by atoms with Crippen molar-refractivity contribution in [3.8, 4) is 16.9 Å². The van der Waals surface area contributed by atoms with Crippen LogP contribution < -0.4 is 25.6 Å². The molecule has 7 aromatic rings. The summed E-state index contributed by atoms with van der Waals surface area (Å²) in [4.78, 5) is 8.86. The smallest absolute Gasteiger partial charge is 0.247 e. The average molecular weight is 1180 g/mol. The van der Waals surface area contributed by atoms with E-state index in [-0.39, 0.29) is 67.2 Å². The molecular formula is C84H101BN4. The summed E-state index contributed by atoms with van der Waals surface area (Å²) >= 11 is 0. The molecule has 16 rings (SSSR count). The second-order valence-corrected chi connectivity index (χ2v) is 35.9. The molecule has 1 aromatic heterocycles. The Morgan fingerprint density at radius 3 is 1.64 bits per heavy atom. The molecule has 0 radical (unpaired) electrons. The number of rotatable bonds is 3. The first-order chi connectivity index (χ1) is 41.7. The van der Waals surface area contributed by atoms with Gasteiger partial charge in [0.15, 0.2) is 0 Å². The van der Waals surface area contributed by atoms with E-state index in [1.54, 1.807) is 16.6 Å². The van der Waals surface area contributed by atoms with Crippen LogP contribution in [-0.2, 0) is 43.3 Å². The van der Waals surface area contributed by atoms with Gasteiger partial charge in [0.25, 0.3) is 0 Å². The van der Waals surface area contributed by atoms with Crippen molar-refractivity contribution in [2.45, 2.75) is 270 Å². The Labute approximate surface area is 535 Å². The van der Waals surface area contributed by atoms with E-state index in [0.29, 0.717) is 0 Å². The van der Waals surface area contributed by atoms with Gasteiger partial charge in [-0.15, -0.1) is 0 Å². The fraction of sp³-hybridized carbons (Fsp3) is 0.500. The summed E-state index contributed by atoms with van der Waals surface area (Å²) in [5, 5.41) is 1.43. The maximum absolute atomic E-state index is 2.99. The lowest BCUT2D eigenvalue weighted by molar-refractivity contribution is 0.189. The Kier molecular flexibility index (Phi) is 11.6. The first-order valence-corrected chi connectivity index (χ1v) is 34.9. The third-order valence-electron chi connectivity index (χ3n) is 26.5. The SMILES string of the molecule is Cc1cc2c(cc1N1c3cc(N4c5ccc(C(C)(C)C)cc5C5(C)CCCCC45C)cc4c3B(C3=CC=C(N5c6ccc(C(C)(C)C)cc6C6(C)CCCCC56C)CC31)c1cc(C(C)(C)C)cc3c5c(n-4c13)-c1ccccc1C5(C)C)C(C)(C)CCC2(C)C. The van der Waals surface area contributed by atoms with Gasteiger partial charge in [-0.3, -0.25) is 0 Å². The summed E-state index contributed by atoms with van der Waals surface area (Å²) in [5.41, 5.74) is 32.9. The molecule has 0 bridgehead atoms. The molecular weight excluding hydrogens is 1080 g/mol. The van der Waals surface area contributed by atoms with Crippen LogP contribution in [0.2, 0.25) is 0 Å². The maximum atomic E-state index is 2.99. The van der Waals surface area contributed by atoms with Crippen molar-refractivity contribution in [1.29, 1.82) is 0 Å². The molecule has 0 N–H and O–H groups in total. The molecule has 4 nitrogen and oxygen atoms in total. The topological polar surface area (TPSA) is 14.7 Å².